The number of esters is 2. The highest BCUT2D eigenvalue weighted by Crippen LogP contribution is 2.16. The van der Waals surface area contributed by atoms with Crippen LogP contribution in [0.1, 0.15) is 258 Å². The summed E-state index contributed by atoms with van der Waals surface area (Å²) in [6.07, 6.45) is 60.1. The van der Waals surface area contributed by atoms with Gasteiger partial charge in [-0.1, -0.05) is 217 Å². The molecule has 0 spiro atoms. The van der Waals surface area contributed by atoms with Crippen molar-refractivity contribution < 1.29 is 42.9 Å². The van der Waals surface area contributed by atoms with Crippen LogP contribution in [0.5, 0.6) is 0 Å². The summed E-state index contributed by atoms with van der Waals surface area (Å²) in [4.78, 5) is 37.3. The number of quaternary nitrogens is 1. The first-order chi connectivity index (χ1) is 33.6. The predicted molar refractivity (Wildman–Crippen MR) is 288 cm³/mol. The fourth-order valence-corrected chi connectivity index (χ4v) is 8.07. The van der Waals surface area contributed by atoms with Gasteiger partial charge in [0.2, 0.25) is 0 Å². The highest BCUT2D eigenvalue weighted by molar-refractivity contribution is 5.70. The Balaban J connectivity index is 4.28. The third-order valence-electron chi connectivity index (χ3n) is 12.5. The van der Waals surface area contributed by atoms with Crippen LogP contribution in [0.2, 0.25) is 0 Å². The molecular weight excluding hydrogens is 863 g/mol. The Hall–Kier alpha value is -2.75. The van der Waals surface area contributed by atoms with E-state index in [0.29, 0.717) is 17.4 Å². The second-order valence-electron chi connectivity index (χ2n) is 20.6. The van der Waals surface area contributed by atoms with E-state index in [0.717, 1.165) is 70.6 Å². The fourth-order valence-electron chi connectivity index (χ4n) is 8.07. The van der Waals surface area contributed by atoms with Gasteiger partial charge < -0.3 is 33.3 Å². The molecule has 2 unspecified atom stereocenters. The lowest BCUT2D eigenvalue weighted by Gasteiger charge is -2.26. The fraction of sp³-hybridized carbons (Fsp3) is 0.817. The molecule has 0 aliphatic rings. The molecule has 0 N–H and O–H groups in total. The summed E-state index contributed by atoms with van der Waals surface area (Å²) < 4.78 is 22.7. The molecule has 9 heteroatoms. The normalized spacial score (nSPS) is 13.1. The Morgan fingerprint density at radius 1 is 0.435 bits per heavy atom. The second-order valence-corrected chi connectivity index (χ2v) is 20.6. The smallest absolute Gasteiger partial charge is 0.306 e. The Morgan fingerprint density at radius 2 is 0.783 bits per heavy atom. The number of hydrogen-bond donors (Lipinski definition) is 0. The van der Waals surface area contributed by atoms with Crippen molar-refractivity contribution in [1.29, 1.82) is 0 Å². The summed E-state index contributed by atoms with van der Waals surface area (Å²) >= 11 is 0. The van der Waals surface area contributed by atoms with Gasteiger partial charge in [0.05, 0.1) is 40.3 Å². The summed E-state index contributed by atoms with van der Waals surface area (Å²) in [5.74, 6) is -2.29. The number of nitrogens with zero attached hydrogens (tertiary/aromatic N) is 1. The molecule has 0 aliphatic carbocycles. The average Bonchev–Trinajstić information content (AvgIpc) is 3.31. The lowest BCUT2D eigenvalue weighted by Crippen LogP contribution is -2.44. The number of carboxylic acids is 1. The van der Waals surface area contributed by atoms with Crippen molar-refractivity contribution in [1.82, 2.24) is 0 Å². The standard InChI is InChI=1S/C60H109NO8/c1-6-8-10-12-14-16-18-20-22-24-26-28-29-31-32-34-36-38-40-42-44-46-48-50-57(62)67-54-56(55-68-60(59(64)65)66-53-52-61(3,4)5)69-58(63)51-49-47-45-43-41-39-37-35-33-30-27-25-23-21-19-17-15-13-11-9-7-2/h19,21,24-27,33,35,56,60H,6-18,20,22-23,28-32,34,36-55H2,1-5H3/b21-19-,26-24-,27-25-,35-33-. The van der Waals surface area contributed by atoms with E-state index in [4.69, 9.17) is 18.9 Å². The number of carboxylic acid groups (broad SMARTS) is 1. The van der Waals surface area contributed by atoms with Gasteiger partial charge in [0, 0.05) is 12.8 Å². The molecular formula is C60H109NO8. The monoisotopic (exact) mass is 972 g/mol. The zero-order valence-electron chi connectivity index (χ0n) is 45.7. The van der Waals surface area contributed by atoms with Crippen LogP contribution in [-0.4, -0.2) is 82.3 Å². The molecule has 0 aliphatic heterocycles. The summed E-state index contributed by atoms with van der Waals surface area (Å²) in [6, 6.07) is 0. The number of carbonyl (C=O) groups excluding carboxylic acids is 3. The van der Waals surface area contributed by atoms with Crippen LogP contribution in [0.3, 0.4) is 0 Å². The van der Waals surface area contributed by atoms with Crippen LogP contribution >= 0.6 is 0 Å². The Labute approximate surface area is 425 Å². The number of aliphatic carboxylic acids is 1. The summed E-state index contributed by atoms with van der Waals surface area (Å²) in [6.45, 7) is 4.74. The van der Waals surface area contributed by atoms with Crippen molar-refractivity contribution in [3.8, 4) is 0 Å². The zero-order valence-corrected chi connectivity index (χ0v) is 45.7. The van der Waals surface area contributed by atoms with Gasteiger partial charge in [-0.3, -0.25) is 9.59 Å². The maximum atomic E-state index is 12.8. The highest BCUT2D eigenvalue weighted by Gasteiger charge is 2.22. The zero-order chi connectivity index (χ0) is 50.6. The molecule has 2 atom stereocenters. The molecule has 9 nitrogen and oxygen atoms in total. The van der Waals surface area contributed by atoms with Gasteiger partial charge >= 0.3 is 11.9 Å². The van der Waals surface area contributed by atoms with Crippen LogP contribution in [0, 0.1) is 0 Å². The molecule has 0 rings (SSSR count). The molecule has 0 amide bonds. The molecule has 0 aromatic rings. The Kier molecular flexibility index (Phi) is 49.5. The molecule has 402 valence electrons. The van der Waals surface area contributed by atoms with Crippen molar-refractivity contribution in [3.05, 3.63) is 48.6 Å². The first-order valence-electron chi connectivity index (χ1n) is 28.8. The number of allylic oxidation sites excluding steroid dienone is 8. The van der Waals surface area contributed by atoms with Crippen LogP contribution in [0.25, 0.3) is 0 Å². The number of carbonyl (C=O) groups is 3. The third kappa shape index (κ3) is 52.9. The number of unbranched alkanes of at least 4 members (excludes halogenated alkanes) is 30. The first kappa shape index (κ1) is 66.2. The molecule has 0 radical (unpaired) electrons. The number of likely N-dealkylation sites (N-methyl/N-ethyl adjacent to an activating group) is 1. The van der Waals surface area contributed by atoms with Crippen molar-refractivity contribution in [2.24, 2.45) is 0 Å². The molecule has 0 saturated carbocycles. The predicted octanol–water partition coefficient (Wildman–Crippen LogP) is 15.3. The Morgan fingerprint density at radius 3 is 1.17 bits per heavy atom. The SMILES string of the molecule is CCCCCCC/C=C\C/C=C\C/C=C\CCCCCCCCC(=O)OC(COC(=O)CCCCCCCCCCCCC/C=C\CCCCCCCCCC)COC(OCC[N+](C)(C)C)C(=O)[O-]. The highest BCUT2D eigenvalue weighted by atomic mass is 16.7. The minimum absolute atomic E-state index is 0.144. The second kappa shape index (κ2) is 51.6. The minimum Gasteiger partial charge on any atom is -0.545 e. The van der Waals surface area contributed by atoms with E-state index >= 15 is 0 Å². The van der Waals surface area contributed by atoms with Crippen molar-refractivity contribution in [2.45, 2.75) is 270 Å². The molecule has 0 fully saturated rings. The lowest BCUT2D eigenvalue weighted by atomic mass is 10.0. The van der Waals surface area contributed by atoms with Gasteiger partial charge in [-0.25, -0.2) is 0 Å². The lowest BCUT2D eigenvalue weighted by molar-refractivity contribution is -0.870. The maximum absolute atomic E-state index is 12.8. The van der Waals surface area contributed by atoms with Gasteiger partial charge in [0.15, 0.2) is 12.4 Å². The summed E-state index contributed by atoms with van der Waals surface area (Å²) in [5.41, 5.74) is 0. The maximum Gasteiger partial charge on any atom is 0.306 e. The van der Waals surface area contributed by atoms with E-state index in [1.165, 1.54) is 154 Å². The van der Waals surface area contributed by atoms with Crippen LogP contribution in [-0.2, 0) is 33.3 Å². The number of hydrogen-bond acceptors (Lipinski definition) is 8. The van der Waals surface area contributed by atoms with E-state index in [9.17, 15) is 19.5 Å². The molecule has 0 aromatic carbocycles. The number of ether oxygens (including phenoxy) is 4. The third-order valence-corrected chi connectivity index (χ3v) is 12.5. The molecule has 0 heterocycles. The minimum atomic E-state index is -1.63. The van der Waals surface area contributed by atoms with Crippen molar-refractivity contribution in [3.63, 3.8) is 0 Å². The van der Waals surface area contributed by atoms with Crippen LogP contribution in [0.4, 0.5) is 0 Å². The summed E-state index contributed by atoms with van der Waals surface area (Å²) in [7, 11) is 5.92. The van der Waals surface area contributed by atoms with Gasteiger partial charge in [-0.2, -0.15) is 0 Å². The van der Waals surface area contributed by atoms with Crippen LogP contribution in [0.15, 0.2) is 48.6 Å². The van der Waals surface area contributed by atoms with Crippen LogP contribution < -0.4 is 5.11 Å². The van der Waals surface area contributed by atoms with E-state index in [1.807, 2.05) is 21.1 Å². The van der Waals surface area contributed by atoms with E-state index < -0.39 is 24.3 Å². The molecule has 0 bridgehead atoms. The quantitative estimate of drug-likeness (QED) is 0.0195. The first-order valence-corrected chi connectivity index (χ1v) is 28.8. The van der Waals surface area contributed by atoms with Crippen molar-refractivity contribution >= 4 is 17.9 Å². The Bertz CT molecular complexity index is 1270. The summed E-state index contributed by atoms with van der Waals surface area (Å²) in [5, 5.41) is 11.8. The number of rotatable bonds is 53. The molecule has 0 saturated heterocycles. The van der Waals surface area contributed by atoms with E-state index in [1.54, 1.807) is 0 Å². The van der Waals surface area contributed by atoms with Gasteiger partial charge in [0.1, 0.15) is 13.2 Å². The van der Waals surface area contributed by atoms with Gasteiger partial charge in [-0.15, -0.1) is 0 Å². The molecule has 69 heavy (non-hydrogen) atoms. The average molecular weight is 973 g/mol. The largest absolute Gasteiger partial charge is 0.545 e. The molecule has 0 aromatic heterocycles. The van der Waals surface area contributed by atoms with Gasteiger partial charge in [-0.05, 0) is 77.0 Å². The van der Waals surface area contributed by atoms with E-state index in [2.05, 4.69) is 62.5 Å². The van der Waals surface area contributed by atoms with Gasteiger partial charge in [0.25, 0.3) is 0 Å². The van der Waals surface area contributed by atoms with E-state index in [-0.39, 0.29) is 38.6 Å². The van der Waals surface area contributed by atoms with Crippen molar-refractivity contribution in [2.75, 3.05) is 47.5 Å². The topological polar surface area (TPSA) is 111 Å².